The fraction of sp³-hybridized carbons (Fsp3) is 0.0455. The van der Waals surface area contributed by atoms with Gasteiger partial charge in [-0.3, -0.25) is 14.4 Å². The summed E-state index contributed by atoms with van der Waals surface area (Å²) in [5, 5.41) is 2.67. The number of ether oxygens (including phenoxy) is 1. The predicted molar refractivity (Wildman–Crippen MR) is 105 cm³/mol. The van der Waals surface area contributed by atoms with Crippen LogP contribution in [0.3, 0.4) is 0 Å². The molecule has 0 saturated heterocycles. The third-order valence-electron chi connectivity index (χ3n) is 4.32. The van der Waals surface area contributed by atoms with Crippen LogP contribution in [0.4, 0.5) is 11.4 Å². The van der Waals surface area contributed by atoms with Crippen LogP contribution in [0.2, 0.25) is 0 Å². The second-order valence-corrected chi connectivity index (χ2v) is 6.16. The first kappa shape index (κ1) is 17.5. The van der Waals surface area contributed by atoms with E-state index in [1.54, 1.807) is 72.8 Å². The molecule has 0 atom stereocenters. The molecule has 0 aliphatic carbocycles. The molecule has 138 valence electrons. The summed E-state index contributed by atoms with van der Waals surface area (Å²) in [6, 6.07) is 22.4. The molecule has 1 aliphatic rings. The fourth-order valence-electron chi connectivity index (χ4n) is 3.05. The number of anilines is 2. The van der Waals surface area contributed by atoms with E-state index in [0.29, 0.717) is 11.4 Å². The second-order valence-electron chi connectivity index (χ2n) is 6.16. The molecule has 0 spiro atoms. The summed E-state index contributed by atoms with van der Waals surface area (Å²) >= 11 is 0. The maximum atomic E-state index is 12.9. The van der Waals surface area contributed by atoms with Crippen molar-refractivity contribution in [3.8, 4) is 5.75 Å². The van der Waals surface area contributed by atoms with Gasteiger partial charge in [0.2, 0.25) is 0 Å². The molecule has 0 fully saturated rings. The SMILES string of the molecule is O=C(COc1ccccc1)Nc1cccc2c1C(=O)N(c1ccccc1)C2=O. The van der Waals surface area contributed by atoms with E-state index in [9.17, 15) is 14.4 Å². The van der Waals surface area contributed by atoms with Crippen molar-refractivity contribution in [1.29, 1.82) is 0 Å². The van der Waals surface area contributed by atoms with Gasteiger partial charge in [-0.2, -0.15) is 0 Å². The lowest BCUT2D eigenvalue weighted by atomic mass is 10.1. The number of benzene rings is 3. The summed E-state index contributed by atoms with van der Waals surface area (Å²) < 4.78 is 5.42. The minimum atomic E-state index is -0.467. The Bertz CT molecular complexity index is 1050. The van der Waals surface area contributed by atoms with Crippen molar-refractivity contribution in [2.24, 2.45) is 0 Å². The van der Waals surface area contributed by atoms with Crippen molar-refractivity contribution in [3.05, 3.63) is 90.0 Å². The Balaban J connectivity index is 1.55. The summed E-state index contributed by atoms with van der Waals surface area (Å²) in [4.78, 5) is 39.0. The molecule has 0 saturated carbocycles. The molecule has 1 aliphatic heterocycles. The van der Waals surface area contributed by atoms with Crippen LogP contribution in [0.25, 0.3) is 0 Å². The highest BCUT2D eigenvalue weighted by molar-refractivity contribution is 6.36. The first-order valence-electron chi connectivity index (χ1n) is 8.69. The Morgan fingerprint density at radius 3 is 2.21 bits per heavy atom. The zero-order valence-corrected chi connectivity index (χ0v) is 14.8. The minimum Gasteiger partial charge on any atom is -0.484 e. The fourth-order valence-corrected chi connectivity index (χ4v) is 3.05. The summed E-state index contributed by atoms with van der Waals surface area (Å²) in [6.45, 7) is -0.210. The zero-order valence-electron chi connectivity index (χ0n) is 14.8. The number of nitrogens with zero attached hydrogens (tertiary/aromatic N) is 1. The van der Waals surface area contributed by atoms with Crippen LogP contribution in [-0.4, -0.2) is 24.3 Å². The number of amides is 3. The Morgan fingerprint density at radius 2 is 1.50 bits per heavy atom. The normalized spacial score (nSPS) is 12.6. The van der Waals surface area contributed by atoms with Gasteiger partial charge in [0.05, 0.1) is 22.5 Å². The molecular weight excluding hydrogens is 356 g/mol. The molecule has 4 rings (SSSR count). The standard InChI is InChI=1S/C22H16N2O4/c25-19(14-28-16-10-5-2-6-11-16)23-18-13-7-12-17-20(18)22(27)24(21(17)26)15-8-3-1-4-9-15/h1-13H,14H2,(H,23,25). The summed E-state index contributed by atoms with van der Waals surface area (Å²) in [7, 11) is 0. The molecule has 6 nitrogen and oxygen atoms in total. The van der Waals surface area contributed by atoms with Gasteiger partial charge in [0.25, 0.3) is 17.7 Å². The van der Waals surface area contributed by atoms with Gasteiger partial charge in [0.15, 0.2) is 6.61 Å². The van der Waals surface area contributed by atoms with Gasteiger partial charge < -0.3 is 10.1 Å². The molecule has 3 aromatic rings. The number of hydrogen-bond donors (Lipinski definition) is 1. The van der Waals surface area contributed by atoms with Crippen LogP contribution in [0.15, 0.2) is 78.9 Å². The average Bonchev–Trinajstić information content (AvgIpc) is 2.99. The van der Waals surface area contributed by atoms with Gasteiger partial charge in [0, 0.05) is 0 Å². The highest BCUT2D eigenvalue weighted by Gasteiger charge is 2.38. The monoisotopic (exact) mass is 372 g/mol. The molecule has 0 aromatic heterocycles. The lowest BCUT2D eigenvalue weighted by Gasteiger charge is -2.13. The van der Waals surface area contributed by atoms with E-state index < -0.39 is 17.7 Å². The molecule has 0 bridgehead atoms. The Kier molecular flexibility index (Phi) is 4.60. The van der Waals surface area contributed by atoms with Crippen LogP contribution in [0.5, 0.6) is 5.75 Å². The van der Waals surface area contributed by atoms with Crippen molar-refractivity contribution < 1.29 is 19.1 Å². The van der Waals surface area contributed by atoms with Gasteiger partial charge in [-0.25, -0.2) is 4.90 Å². The highest BCUT2D eigenvalue weighted by Crippen LogP contribution is 2.32. The number of rotatable bonds is 5. The summed E-state index contributed by atoms with van der Waals surface area (Å²) in [5.41, 5.74) is 1.22. The first-order chi connectivity index (χ1) is 13.6. The van der Waals surface area contributed by atoms with E-state index in [1.807, 2.05) is 6.07 Å². The van der Waals surface area contributed by atoms with E-state index >= 15 is 0 Å². The van der Waals surface area contributed by atoms with Crippen LogP contribution in [-0.2, 0) is 4.79 Å². The van der Waals surface area contributed by atoms with Gasteiger partial charge in [-0.1, -0.05) is 42.5 Å². The molecule has 1 heterocycles. The van der Waals surface area contributed by atoms with E-state index in [1.165, 1.54) is 0 Å². The molecular formula is C22H16N2O4. The molecule has 3 amide bonds. The van der Waals surface area contributed by atoms with Gasteiger partial charge >= 0.3 is 0 Å². The predicted octanol–water partition coefficient (Wildman–Crippen LogP) is 3.50. The lowest BCUT2D eigenvalue weighted by molar-refractivity contribution is -0.118. The van der Waals surface area contributed by atoms with Crippen LogP contribution >= 0.6 is 0 Å². The van der Waals surface area contributed by atoms with Crippen molar-refractivity contribution in [3.63, 3.8) is 0 Å². The highest BCUT2D eigenvalue weighted by atomic mass is 16.5. The summed E-state index contributed by atoms with van der Waals surface area (Å²) in [5.74, 6) is -0.734. The van der Waals surface area contributed by atoms with E-state index in [-0.39, 0.29) is 23.4 Å². The largest absolute Gasteiger partial charge is 0.484 e. The van der Waals surface area contributed by atoms with Crippen molar-refractivity contribution in [2.45, 2.75) is 0 Å². The smallest absolute Gasteiger partial charge is 0.268 e. The second kappa shape index (κ2) is 7.36. The number of para-hydroxylation sites is 2. The molecule has 1 N–H and O–H groups in total. The number of carbonyl (C=O) groups excluding carboxylic acids is 3. The third-order valence-corrected chi connectivity index (χ3v) is 4.32. The quantitative estimate of drug-likeness (QED) is 0.696. The molecule has 28 heavy (non-hydrogen) atoms. The van der Waals surface area contributed by atoms with Crippen molar-refractivity contribution in [1.82, 2.24) is 0 Å². The summed E-state index contributed by atoms with van der Waals surface area (Å²) in [6.07, 6.45) is 0. The van der Waals surface area contributed by atoms with E-state index in [4.69, 9.17) is 4.74 Å². The van der Waals surface area contributed by atoms with Crippen molar-refractivity contribution in [2.75, 3.05) is 16.8 Å². The zero-order chi connectivity index (χ0) is 19.5. The maximum Gasteiger partial charge on any atom is 0.268 e. The van der Waals surface area contributed by atoms with Crippen LogP contribution in [0.1, 0.15) is 20.7 Å². The topological polar surface area (TPSA) is 75.7 Å². The Morgan fingerprint density at radius 1 is 0.821 bits per heavy atom. The minimum absolute atomic E-state index is 0.185. The van der Waals surface area contributed by atoms with E-state index in [2.05, 4.69) is 5.32 Å². The molecule has 0 unspecified atom stereocenters. The van der Waals surface area contributed by atoms with Gasteiger partial charge in [-0.05, 0) is 36.4 Å². The van der Waals surface area contributed by atoms with Gasteiger partial charge in [0.1, 0.15) is 5.75 Å². The number of fused-ring (bicyclic) bond motifs is 1. The number of carbonyl (C=O) groups is 3. The molecule has 6 heteroatoms. The molecule has 3 aromatic carbocycles. The number of imide groups is 1. The maximum absolute atomic E-state index is 12.9. The van der Waals surface area contributed by atoms with Crippen LogP contribution in [0, 0.1) is 0 Å². The van der Waals surface area contributed by atoms with Gasteiger partial charge in [-0.15, -0.1) is 0 Å². The molecule has 0 radical (unpaired) electrons. The third kappa shape index (κ3) is 3.23. The van der Waals surface area contributed by atoms with Crippen LogP contribution < -0.4 is 15.0 Å². The van der Waals surface area contributed by atoms with Crippen molar-refractivity contribution >= 4 is 29.1 Å². The number of nitrogens with one attached hydrogen (secondary N) is 1. The first-order valence-corrected chi connectivity index (χ1v) is 8.69. The Hall–Kier alpha value is -3.93. The lowest BCUT2D eigenvalue weighted by Crippen LogP contribution is -2.29. The number of hydrogen-bond acceptors (Lipinski definition) is 4. The Labute approximate surface area is 161 Å². The van der Waals surface area contributed by atoms with E-state index in [0.717, 1.165) is 4.90 Å². The average molecular weight is 372 g/mol.